The number of carbonyl (C=O) groups is 2. The fourth-order valence-electron chi connectivity index (χ4n) is 6.56. The van der Waals surface area contributed by atoms with Gasteiger partial charge in [0.15, 0.2) is 0 Å². The normalized spacial score (nSPS) is 36.5. The summed E-state index contributed by atoms with van der Waals surface area (Å²) in [6.07, 6.45) is 9.93. The van der Waals surface area contributed by atoms with Crippen molar-refractivity contribution >= 4 is 11.8 Å². The molecule has 0 aromatic carbocycles. The van der Waals surface area contributed by atoms with Crippen LogP contribution in [0, 0.1) is 29.1 Å². The Morgan fingerprint density at radius 2 is 1.94 bits per heavy atom. The second-order valence-electron chi connectivity index (χ2n) is 10.3. The lowest BCUT2D eigenvalue weighted by Crippen LogP contribution is -2.58. The summed E-state index contributed by atoms with van der Waals surface area (Å²) in [5.74, 6) is -0.0381. The molecule has 3 fully saturated rings. The predicted octanol–water partition coefficient (Wildman–Crippen LogP) is 2.66. The number of hydrogen-bond donors (Lipinski definition) is 2. The van der Waals surface area contributed by atoms with E-state index in [1.54, 1.807) is 6.20 Å². The first kappa shape index (κ1) is 22.2. The van der Waals surface area contributed by atoms with Crippen molar-refractivity contribution in [2.75, 3.05) is 13.1 Å². The molecule has 0 bridgehead atoms. The molecule has 0 spiro atoms. The molecular formula is C24H36N4O3. The van der Waals surface area contributed by atoms with Crippen LogP contribution in [0.15, 0.2) is 18.6 Å². The smallest absolute Gasteiger partial charge is 0.271 e. The van der Waals surface area contributed by atoms with Crippen molar-refractivity contribution in [3.63, 3.8) is 0 Å². The van der Waals surface area contributed by atoms with Gasteiger partial charge >= 0.3 is 0 Å². The van der Waals surface area contributed by atoms with Crippen molar-refractivity contribution < 1.29 is 14.7 Å². The predicted molar refractivity (Wildman–Crippen MR) is 117 cm³/mol. The lowest BCUT2D eigenvalue weighted by atomic mass is 9.51. The van der Waals surface area contributed by atoms with Crippen molar-refractivity contribution in [1.29, 1.82) is 0 Å². The van der Waals surface area contributed by atoms with Crippen LogP contribution in [0.3, 0.4) is 0 Å². The zero-order valence-corrected chi connectivity index (χ0v) is 19.0. The third-order valence-electron chi connectivity index (χ3n) is 8.45. The molecule has 2 saturated carbocycles. The van der Waals surface area contributed by atoms with Crippen molar-refractivity contribution in [2.24, 2.45) is 29.1 Å². The van der Waals surface area contributed by atoms with Gasteiger partial charge in [0.2, 0.25) is 5.91 Å². The van der Waals surface area contributed by atoms with E-state index in [0.29, 0.717) is 5.69 Å². The van der Waals surface area contributed by atoms with Gasteiger partial charge in [-0.1, -0.05) is 20.8 Å². The summed E-state index contributed by atoms with van der Waals surface area (Å²) < 4.78 is 0. The van der Waals surface area contributed by atoms with Crippen molar-refractivity contribution in [1.82, 2.24) is 20.2 Å². The molecule has 170 valence electrons. The molecule has 2 aliphatic carbocycles. The van der Waals surface area contributed by atoms with Crippen LogP contribution >= 0.6 is 0 Å². The maximum Gasteiger partial charge on any atom is 0.271 e. The highest BCUT2D eigenvalue weighted by atomic mass is 16.3. The SMILES string of the molecule is C[C@H]1[C@@H]2[C@@H](O)[C@H]([C@H](C)C(=O)N3CCCC3)CC[C@@]2(C)CC[C@@H]1NC(=O)c1cnccn1. The van der Waals surface area contributed by atoms with Crippen LogP contribution in [-0.4, -0.2) is 57.0 Å². The van der Waals surface area contributed by atoms with E-state index in [2.05, 4.69) is 29.1 Å². The molecule has 1 aliphatic heterocycles. The van der Waals surface area contributed by atoms with E-state index in [4.69, 9.17) is 0 Å². The maximum atomic E-state index is 13.0. The fraction of sp³-hybridized carbons (Fsp3) is 0.750. The van der Waals surface area contributed by atoms with Gasteiger partial charge < -0.3 is 15.3 Å². The number of carbonyl (C=O) groups excluding carboxylic acids is 2. The lowest BCUT2D eigenvalue weighted by Gasteiger charge is -2.56. The number of aromatic nitrogens is 2. The Morgan fingerprint density at radius 1 is 1.23 bits per heavy atom. The molecule has 4 rings (SSSR count). The number of nitrogens with zero attached hydrogens (tertiary/aromatic N) is 3. The van der Waals surface area contributed by atoms with Gasteiger partial charge in [0.25, 0.3) is 5.91 Å². The van der Waals surface area contributed by atoms with E-state index < -0.39 is 6.10 Å². The van der Waals surface area contributed by atoms with Gasteiger partial charge in [-0.3, -0.25) is 14.6 Å². The second-order valence-corrected chi connectivity index (χ2v) is 10.3. The number of fused-ring (bicyclic) bond motifs is 1. The van der Waals surface area contributed by atoms with E-state index in [1.807, 2.05) is 11.8 Å². The highest BCUT2D eigenvalue weighted by molar-refractivity contribution is 5.92. The highest BCUT2D eigenvalue weighted by Crippen LogP contribution is 2.55. The van der Waals surface area contributed by atoms with Gasteiger partial charge in [-0.05, 0) is 61.7 Å². The molecule has 7 heteroatoms. The highest BCUT2D eigenvalue weighted by Gasteiger charge is 2.54. The number of nitrogens with one attached hydrogen (secondary N) is 1. The maximum absolute atomic E-state index is 13.0. The second kappa shape index (κ2) is 8.85. The number of amides is 2. The molecule has 1 aromatic heterocycles. The average molecular weight is 429 g/mol. The number of aliphatic hydroxyl groups excluding tert-OH is 1. The largest absolute Gasteiger partial charge is 0.392 e. The van der Waals surface area contributed by atoms with E-state index in [9.17, 15) is 14.7 Å². The van der Waals surface area contributed by atoms with Crippen LogP contribution in [0.4, 0.5) is 0 Å². The van der Waals surface area contributed by atoms with Gasteiger partial charge in [-0.2, -0.15) is 0 Å². The van der Waals surface area contributed by atoms with E-state index in [0.717, 1.165) is 51.6 Å². The van der Waals surface area contributed by atoms with Crippen molar-refractivity contribution in [2.45, 2.75) is 71.4 Å². The first-order valence-corrected chi connectivity index (χ1v) is 11.9. The molecule has 2 heterocycles. The van der Waals surface area contributed by atoms with Crippen LogP contribution < -0.4 is 5.32 Å². The van der Waals surface area contributed by atoms with Gasteiger partial charge in [0.1, 0.15) is 5.69 Å². The molecule has 0 unspecified atom stereocenters. The number of aliphatic hydroxyl groups is 1. The average Bonchev–Trinajstić information content (AvgIpc) is 3.30. The fourth-order valence-corrected chi connectivity index (χ4v) is 6.56. The van der Waals surface area contributed by atoms with Crippen LogP contribution in [0.1, 0.15) is 69.8 Å². The summed E-state index contributed by atoms with van der Waals surface area (Å²) in [5.41, 5.74) is 0.356. The molecule has 2 amide bonds. The minimum Gasteiger partial charge on any atom is -0.392 e. The Balaban J connectivity index is 1.48. The first-order valence-electron chi connectivity index (χ1n) is 11.9. The molecule has 3 aliphatic rings. The third kappa shape index (κ3) is 4.21. The van der Waals surface area contributed by atoms with Crippen molar-refractivity contribution in [3.05, 3.63) is 24.3 Å². The molecule has 0 radical (unpaired) electrons. The van der Waals surface area contributed by atoms with E-state index in [-0.39, 0.29) is 46.9 Å². The summed E-state index contributed by atoms with van der Waals surface area (Å²) >= 11 is 0. The molecule has 7 atom stereocenters. The van der Waals surface area contributed by atoms with E-state index in [1.165, 1.54) is 12.4 Å². The Hall–Kier alpha value is -2.02. The topological polar surface area (TPSA) is 95.4 Å². The lowest BCUT2D eigenvalue weighted by molar-refractivity contribution is -0.149. The quantitative estimate of drug-likeness (QED) is 0.769. The molecular weight excluding hydrogens is 392 g/mol. The van der Waals surface area contributed by atoms with Gasteiger partial charge in [-0.25, -0.2) is 4.98 Å². The van der Waals surface area contributed by atoms with Crippen LogP contribution in [0.5, 0.6) is 0 Å². The number of hydrogen-bond acceptors (Lipinski definition) is 5. The molecule has 2 N–H and O–H groups in total. The molecule has 1 saturated heterocycles. The Morgan fingerprint density at radius 3 is 2.61 bits per heavy atom. The van der Waals surface area contributed by atoms with Crippen LogP contribution in [0.25, 0.3) is 0 Å². The third-order valence-corrected chi connectivity index (χ3v) is 8.45. The monoisotopic (exact) mass is 428 g/mol. The molecule has 31 heavy (non-hydrogen) atoms. The minimum atomic E-state index is -0.536. The van der Waals surface area contributed by atoms with Gasteiger partial charge in [0, 0.05) is 37.4 Å². The summed E-state index contributed by atoms with van der Waals surface area (Å²) in [4.78, 5) is 35.7. The number of rotatable bonds is 4. The van der Waals surface area contributed by atoms with E-state index >= 15 is 0 Å². The Bertz CT molecular complexity index is 797. The van der Waals surface area contributed by atoms with Crippen molar-refractivity contribution in [3.8, 4) is 0 Å². The summed E-state index contributed by atoms with van der Waals surface area (Å²) in [6, 6.07) is -0.0226. The first-order chi connectivity index (χ1) is 14.8. The zero-order chi connectivity index (χ0) is 22.2. The van der Waals surface area contributed by atoms with Gasteiger partial charge in [0.05, 0.1) is 12.3 Å². The molecule has 1 aromatic rings. The Kier molecular flexibility index (Phi) is 6.33. The molecule has 7 nitrogen and oxygen atoms in total. The summed E-state index contributed by atoms with van der Waals surface area (Å²) in [5, 5.41) is 14.7. The summed E-state index contributed by atoms with van der Waals surface area (Å²) in [7, 11) is 0. The van der Waals surface area contributed by atoms with Gasteiger partial charge in [-0.15, -0.1) is 0 Å². The Labute approximate surface area is 185 Å². The van der Waals surface area contributed by atoms with Crippen LogP contribution in [0.2, 0.25) is 0 Å². The summed E-state index contributed by atoms with van der Waals surface area (Å²) in [6.45, 7) is 8.11. The zero-order valence-electron chi connectivity index (χ0n) is 19.0. The standard InChI is InChI=1S/C24H36N4O3/c1-15(23(31)28-12-4-5-13-28)17-6-8-24(3)9-7-18(16(2)20(24)21(17)29)27-22(30)19-14-25-10-11-26-19/h10-11,14-18,20-21,29H,4-9,12-13H2,1-3H3,(H,27,30)/t15-,16+,17-,18-,20+,21-,24-/m0/s1. The van der Waals surface area contributed by atoms with Crippen LogP contribution in [-0.2, 0) is 4.79 Å². The minimum absolute atomic E-state index is 0.0226. The number of likely N-dealkylation sites (tertiary alicyclic amines) is 1.